The molecule has 4 heterocycles. The number of nitrogens with one attached hydrogen (secondary N) is 2. The lowest BCUT2D eigenvalue weighted by Gasteiger charge is -2.21. The molecule has 0 saturated carbocycles. The van der Waals surface area contributed by atoms with Crippen LogP contribution in [0.15, 0.2) is 97.6 Å². The van der Waals surface area contributed by atoms with Crippen molar-refractivity contribution < 1.29 is 33.6 Å². The normalized spacial score (nSPS) is 22.3. The molecule has 13 nitrogen and oxygen atoms in total. The van der Waals surface area contributed by atoms with Crippen LogP contribution in [0, 0.1) is 0 Å². The lowest BCUT2D eigenvalue weighted by Crippen LogP contribution is -2.31. The highest BCUT2D eigenvalue weighted by Gasteiger charge is 2.54. The third-order valence-electron chi connectivity index (χ3n) is 7.60. The van der Waals surface area contributed by atoms with E-state index in [9.17, 15) is 14.7 Å². The lowest BCUT2D eigenvalue weighted by molar-refractivity contribution is -0.158. The summed E-state index contributed by atoms with van der Waals surface area (Å²) in [6.45, 7) is 0.194. The fourth-order valence-corrected chi connectivity index (χ4v) is 5.52. The molecule has 3 N–H and O–H groups in total. The molecule has 13 heteroatoms. The molecule has 5 aromatic rings. The van der Waals surface area contributed by atoms with E-state index in [1.54, 1.807) is 41.2 Å². The van der Waals surface area contributed by atoms with Crippen LogP contribution in [0.25, 0.3) is 11.2 Å². The number of amides is 2. The van der Waals surface area contributed by atoms with Gasteiger partial charge in [-0.2, -0.15) is 0 Å². The Kier molecular flexibility index (Phi) is 7.88. The predicted molar refractivity (Wildman–Crippen MR) is 160 cm³/mol. The van der Waals surface area contributed by atoms with Crippen LogP contribution >= 0.6 is 0 Å². The average Bonchev–Trinajstić information content (AvgIpc) is 3.77. The molecular weight excluding hydrogens is 580 g/mol. The van der Waals surface area contributed by atoms with E-state index in [0.717, 1.165) is 5.56 Å². The first-order valence-corrected chi connectivity index (χ1v) is 14.3. The maximum Gasteiger partial charge on any atom is 0.336 e. The number of carbonyl (C=O) groups excluding carboxylic acids is 1. The SMILES string of the molecule is O=C(Nc1ccccc1)Nc1ncnc2c1ncn2[C@@H]1O[C@H](COCc2ccccc2C(=O)O)C2O[C@@H](c3ccccc3)O[C@@H]21. The van der Waals surface area contributed by atoms with Crippen molar-refractivity contribution in [3.8, 4) is 0 Å². The minimum atomic E-state index is -1.02. The molecule has 1 unspecified atom stereocenters. The molecule has 228 valence electrons. The van der Waals surface area contributed by atoms with Gasteiger partial charge in [0, 0.05) is 11.3 Å². The van der Waals surface area contributed by atoms with E-state index in [-0.39, 0.29) is 24.6 Å². The Labute approximate surface area is 256 Å². The standard InChI is InChI=1S/C32H28N6O7/c39-30(40)22-14-8-7-11-20(22)15-42-16-23-25-26(45-31(44-25)19-9-3-1-4-10-19)29(43-23)38-18-35-24-27(33-17-34-28(24)38)37-32(41)36-21-12-5-2-6-13-21/h1-14,17-18,23,25-26,29,31H,15-16H2,(H,39,40)(H2,33,34,36,37,41)/t23-,25?,26+,29-,31-/m1/s1. The van der Waals surface area contributed by atoms with Crippen LogP contribution in [0.1, 0.15) is 34.0 Å². The fraction of sp³-hybridized carbons (Fsp3) is 0.219. The highest BCUT2D eigenvalue weighted by Crippen LogP contribution is 2.45. The predicted octanol–water partition coefficient (Wildman–Crippen LogP) is 4.77. The van der Waals surface area contributed by atoms with E-state index in [1.165, 1.54) is 12.4 Å². The summed E-state index contributed by atoms with van der Waals surface area (Å²) >= 11 is 0. The number of rotatable bonds is 9. The molecule has 5 atom stereocenters. The van der Waals surface area contributed by atoms with Gasteiger partial charge in [-0.05, 0) is 23.8 Å². The monoisotopic (exact) mass is 608 g/mol. The Bertz CT molecular complexity index is 1820. The Morgan fingerprint density at radius 2 is 1.58 bits per heavy atom. The zero-order valence-corrected chi connectivity index (χ0v) is 23.7. The van der Waals surface area contributed by atoms with Crippen LogP contribution in [0.4, 0.5) is 16.3 Å². The second-order valence-corrected chi connectivity index (χ2v) is 10.5. The van der Waals surface area contributed by atoms with Gasteiger partial charge in [0.2, 0.25) is 0 Å². The number of carbonyl (C=O) groups is 2. The Balaban J connectivity index is 1.12. The Hall–Kier alpha value is -5.21. The van der Waals surface area contributed by atoms with Crippen molar-refractivity contribution in [1.82, 2.24) is 19.5 Å². The van der Waals surface area contributed by atoms with Gasteiger partial charge < -0.3 is 29.4 Å². The van der Waals surface area contributed by atoms with Gasteiger partial charge in [-0.15, -0.1) is 0 Å². The average molecular weight is 609 g/mol. The Morgan fingerprint density at radius 3 is 2.38 bits per heavy atom. The van der Waals surface area contributed by atoms with E-state index in [0.29, 0.717) is 22.4 Å². The highest BCUT2D eigenvalue weighted by atomic mass is 16.8. The molecule has 0 bridgehead atoms. The highest BCUT2D eigenvalue weighted by molar-refractivity contribution is 6.02. The fourth-order valence-electron chi connectivity index (χ4n) is 5.52. The molecule has 45 heavy (non-hydrogen) atoms. The summed E-state index contributed by atoms with van der Waals surface area (Å²) < 4.78 is 26.9. The van der Waals surface area contributed by atoms with E-state index >= 15 is 0 Å². The molecule has 2 aliphatic heterocycles. The number of hydrogen-bond donors (Lipinski definition) is 3. The summed E-state index contributed by atoms with van der Waals surface area (Å²) in [5, 5.41) is 15.0. The number of carboxylic acids is 1. The van der Waals surface area contributed by atoms with Crippen molar-refractivity contribution in [2.24, 2.45) is 0 Å². The number of benzene rings is 3. The number of urea groups is 1. The van der Waals surface area contributed by atoms with Crippen molar-refractivity contribution >= 4 is 34.7 Å². The second-order valence-electron chi connectivity index (χ2n) is 10.5. The van der Waals surface area contributed by atoms with Crippen LogP contribution in [-0.2, 0) is 25.6 Å². The number of imidazole rings is 1. The van der Waals surface area contributed by atoms with Crippen molar-refractivity contribution in [1.29, 1.82) is 0 Å². The van der Waals surface area contributed by atoms with Gasteiger partial charge in [-0.25, -0.2) is 24.5 Å². The molecule has 2 aromatic heterocycles. The molecule has 2 fully saturated rings. The van der Waals surface area contributed by atoms with Crippen LogP contribution in [0.2, 0.25) is 0 Å². The van der Waals surface area contributed by atoms with Crippen molar-refractivity contribution in [3.05, 3.63) is 114 Å². The summed E-state index contributed by atoms with van der Waals surface area (Å²) in [6, 6.07) is 24.8. The van der Waals surface area contributed by atoms with E-state index in [1.807, 2.05) is 48.5 Å². The number of ether oxygens (including phenoxy) is 4. The molecule has 2 saturated heterocycles. The van der Waals surface area contributed by atoms with Crippen LogP contribution in [-0.4, -0.2) is 61.5 Å². The van der Waals surface area contributed by atoms with Gasteiger partial charge in [-0.3, -0.25) is 9.88 Å². The van der Waals surface area contributed by atoms with Gasteiger partial charge in [0.1, 0.15) is 24.6 Å². The maximum absolute atomic E-state index is 12.7. The topological polar surface area (TPSA) is 159 Å². The number of aromatic nitrogens is 4. The van der Waals surface area contributed by atoms with Gasteiger partial charge >= 0.3 is 12.0 Å². The van der Waals surface area contributed by atoms with E-state index in [2.05, 4.69) is 25.6 Å². The quantitative estimate of drug-likeness (QED) is 0.213. The molecule has 7 rings (SSSR count). The smallest absolute Gasteiger partial charge is 0.336 e. The molecule has 0 spiro atoms. The lowest BCUT2D eigenvalue weighted by atomic mass is 10.1. The number of carboxylic acid groups (broad SMARTS) is 1. The van der Waals surface area contributed by atoms with Crippen molar-refractivity contribution in [3.63, 3.8) is 0 Å². The first-order valence-electron chi connectivity index (χ1n) is 14.3. The van der Waals surface area contributed by atoms with Gasteiger partial charge in [-0.1, -0.05) is 66.7 Å². The third kappa shape index (κ3) is 5.84. The maximum atomic E-state index is 12.7. The summed E-state index contributed by atoms with van der Waals surface area (Å²) in [7, 11) is 0. The minimum Gasteiger partial charge on any atom is -0.478 e. The summed E-state index contributed by atoms with van der Waals surface area (Å²) in [4.78, 5) is 37.5. The van der Waals surface area contributed by atoms with Crippen molar-refractivity contribution in [2.75, 3.05) is 17.2 Å². The minimum absolute atomic E-state index is 0.0780. The number of anilines is 2. The van der Waals surface area contributed by atoms with E-state index in [4.69, 9.17) is 18.9 Å². The zero-order chi connectivity index (χ0) is 30.8. The molecule has 3 aromatic carbocycles. The number of nitrogens with zero attached hydrogens (tertiary/aromatic N) is 4. The molecule has 0 radical (unpaired) electrons. The number of aromatic carboxylic acids is 1. The Morgan fingerprint density at radius 1 is 0.844 bits per heavy atom. The van der Waals surface area contributed by atoms with Crippen molar-refractivity contribution in [2.45, 2.75) is 37.4 Å². The van der Waals surface area contributed by atoms with Crippen LogP contribution in [0.5, 0.6) is 0 Å². The molecule has 2 amide bonds. The van der Waals surface area contributed by atoms with Gasteiger partial charge in [0.15, 0.2) is 29.5 Å². The molecular formula is C32H28N6O7. The number of fused-ring (bicyclic) bond motifs is 2. The van der Waals surface area contributed by atoms with E-state index < -0.39 is 42.8 Å². The first-order chi connectivity index (χ1) is 22.0. The number of para-hydroxylation sites is 1. The number of hydrogen-bond acceptors (Lipinski definition) is 9. The summed E-state index contributed by atoms with van der Waals surface area (Å²) in [6.07, 6.45) is -0.0549. The second kappa shape index (κ2) is 12.4. The molecule has 2 aliphatic rings. The largest absolute Gasteiger partial charge is 0.478 e. The van der Waals surface area contributed by atoms with Crippen LogP contribution < -0.4 is 10.6 Å². The van der Waals surface area contributed by atoms with Gasteiger partial charge in [0.05, 0.1) is 25.1 Å². The first kappa shape index (κ1) is 28.6. The van der Waals surface area contributed by atoms with Gasteiger partial charge in [0.25, 0.3) is 0 Å². The third-order valence-corrected chi connectivity index (χ3v) is 7.60. The van der Waals surface area contributed by atoms with Crippen LogP contribution in [0.3, 0.4) is 0 Å². The summed E-state index contributed by atoms with van der Waals surface area (Å²) in [5.41, 5.74) is 3.00. The summed E-state index contributed by atoms with van der Waals surface area (Å²) in [5.74, 6) is -0.797. The molecule has 0 aliphatic carbocycles. The zero-order valence-electron chi connectivity index (χ0n) is 23.7.